The van der Waals surface area contributed by atoms with E-state index in [9.17, 15) is 4.79 Å². The number of carbonyl (C=O) groups is 1. The molecule has 0 aliphatic heterocycles. The summed E-state index contributed by atoms with van der Waals surface area (Å²) in [6, 6.07) is 0.263. The molecule has 0 aromatic heterocycles. The normalized spacial score (nSPS) is 18.7. The molecule has 0 heterocycles. The van der Waals surface area contributed by atoms with Crippen molar-refractivity contribution in [2.45, 2.75) is 32.2 Å². The lowest BCUT2D eigenvalue weighted by Gasteiger charge is -2.27. The molecular formula is C11H23N3O. The van der Waals surface area contributed by atoms with E-state index < -0.39 is 0 Å². The quantitative estimate of drug-likeness (QED) is 0.662. The molecule has 15 heavy (non-hydrogen) atoms. The van der Waals surface area contributed by atoms with Crippen LogP contribution < -0.4 is 11.1 Å². The van der Waals surface area contributed by atoms with Crippen LogP contribution in [0.4, 0.5) is 0 Å². The minimum Gasteiger partial charge on any atom is -0.355 e. The maximum Gasteiger partial charge on any atom is 0.234 e. The van der Waals surface area contributed by atoms with Crippen molar-refractivity contribution >= 4 is 5.91 Å². The molecule has 3 N–H and O–H groups in total. The van der Waals surface area contributed by atoms with Crippen molar-refractivity contribution in [3.05, 3.63) is 0 Å². The molecule has 1 fully saturated rings. The van der Waals surface area contributed by atoms with E-state index in [1.807, 2.05) is 18.9 Å². The van der Waals surface area contributed by atoms with E-state index in [1.165, 1.54) is 19.3 Å². The third-order valence-electron chi connectivity index (χ3n) is 3.30. The lowest BCUT2D eigenvalue weighted by Crippen LogP contribution is -2.43. The zero-order valence-corrected chi connectivity index (χ0v) is 9.83. The van der Waals surface area contributed by atoms with Gasteiger partial charge in [-0.05, 0) is 32.7 Å². The summed E-state index contributed by atoms with van der Waals surface area (Å²) < 4.78 is 0. The van der Waals surface area contributed by atoms with Crippen LogP contribution in [0.3, 0.4) is 0 Å². The summed E-state index contributed by atoms with van der Waals surface area (Å²) in [5, 5.41) is 2.97. The summed E-state index contributed by atoms with van der Waals surface area (Å²) in [6.07, 6.45) is 3.87. The number of amides is 1. The molecule has 4 heteroatoms. The van der Waals surface area contributed by atoms with E-state index in [0.717, 1.165) is 12.5 Å². The summed E-state index contributed by atoms with van der Waals surface area (Å²) >= 11 is 0. The second-order valence-corrected chi connectivity index (χ2v) is 4.60. The van der Waals surface area contributed by atoms with Crippen LogP contribution in [0, 0.1) is 5.92 Å². The molecule has 0 aromatic carbocycles. The predicted molar refractivity (Wildman–Crippen MR) is 61.5 cm³/mol. The van der Waals surface area contributed by atoms with Gasteiger partial charge in [-0.15, -0.1) is 0 Å². The van der Waals surface area contributed by atoms with Gasteiger partial charge in [0.2, 0.25) is 5.91 Å². The van der Waals surface area contributed by atoms with Crippen LogP contribution >= 0.6 is 0 Å². The molecule has 1 unspecified atom stereocenters. The lowest BCUT2D eigenvalue weighted by atomic mass is 9.85. The van der Waals surface area contributed by atoms with Gasteiger partial charge in [0.25, 0.3) is 0 Å². The highest BCUT2D eigenvalue weighted by atomic mass is 16.2. The number of nitrogens with two attached hydrogens (primary N) is 1. The summed E-state index contributed by atoms with van der Waals surface area (Å²) in [4.78, 5) is 13.5. The Labute approximate surface area is 92.2 Å². The van der Waals surface area contributed by atoms with Gasteiger partial charge in [0.15, 0.2) is 0 Å². The zero-order valence-electron chi connectivity index (χ0n) is 9.83. The zero-order chi connectivity index (χ0) is 11.3. The highest BCUT2D eigenvalue weighted by molar-refractivity contribution is 5.78. The number of nitrogens with one attached hydrogen (secondary N) is 1. The van der Waals surface area contributed by atoms with Crippen molar-refractivity contribution in [2.75, 3.05) is 26.7 Å². The van der Waals surface area contributed by atoms with Gasteiger partial charge in [0, 0.05) is 19.1 Å². The van der Waals surface area contributed by atoms with Gasteiger partial charge in [-0.1, -0.05) is 6.42 Å². The second-order valence-electron chi connectivity index (χ2n) is 4.60. The van der Waals surface area contributed by atoms with Gasteiger partial charge in [-0.3, -0.25) is 9.69 Å². The van der Waals surface area contributed by atoms with E-state index in [2.05, 4.69) is 5.32 Å². The monoisotopic (exact) mass is 213 g/mol. The van der Waals surface area contributed by atoms with Gasteiger partial charge in [0.1, 0.15) is 0 Å². The largest absolute Gasteiger partial charge is 0.355 e. The molecule has 1 rings (SSSR count). The van der Waals surface area contributed by atoms with Gasteiger partial charge >= 0.3 is 0 Å². The van der Waals surface area contributed by atoms with Crippen LogP contribution in [-0.4, -0.2) is 43.5 Å². The molecule has 0 spiro atoms. The standard InChI is InChI=1S/C11H23N3O/c1-9(6-12)14(2)8-11(15)13-7-10-4-3-5-10/h9-10H,3-8,12H2,1-2H3,(H,13,15). The molecule has 4 nitrogen and oxygen atoms in total. The lowest BCUT2D eigenvalue weighted by molar-refractivity contribution is -0.122. The fourth-order valence-corrected chi connectivity index (χ4v) is 1.57. The molecule has 1 aliphatic rings. The van der Waals surface area contributed by atoms with E-state index in [0.29, 0.717) is 13.1 Å². The van der Waals surface area contributed by atoms with Gasteiger partial charge in [-0.25, -0.2) is 0 Å². The highest BCUT2D eigenvalue weighted by Gasteiger charge is 2.18. The number of carbonyl (C=O) groups excluding carboxylic acids is 1. The summed E-state index contributed by atoms with van der Waals surface area (Å²) in [7, 11) is 1.93. The minimum atomic E-state index is 0.115. The summed E-state index contributed by atoms with van der Waals surface area (Å²) in [5.41, 5.74) is 5.53. The first-order valence-corrected chi connectivity index (χ1v) is 5.80. The summed E-state index contributed by atoms with van der Waals surface area (Å²) in [5.74, 6) is 0.843. The van der Waals surface area contributed by atoms with Crippen LogP contribution in [0.5, 0.6) is 0 Å². The maximum atomic E-state index is 11.5. The molecule has 1 atom stereocenters. The third kappa shape index (κ3) is 4.18. The Hall–Kier alpha value is -0.610. The Morgan fingerprint density at radius 2 is 2.27 bits per heavy atom. The molecule has 88 valence electrons. The van der Waals surface area contributed by atoms with Crippen molar-refractivity contribution in [3.63, 3.8) is 0 Å². The number of hydrogen-bond acceptors (Lipinski definition) is 3. The number of hydrogen-bond donors (Lipinski definition) is 2. The molecule has 1 saturated carbocycles. The van der Waals surface area contributed by atoms with Crippen molar-refractivity contribution in [1.29, 1.82) is 0 Å². The average molecular weight is 213 g/mol. The van der Waals surface area contributed by atoms with Crippen molar-refractivity contribution in [3.8, 4) is 0 Å². The smallest absolute Gasteiger partial charge is 0.234 e. The number of nitrogens with zero attached hydrogens (tertiary/aromatic N) is 1. The van der Waals surface area contributed by atoms with Crippen LogP contribution in [0.15, 0.2) is 0 Å². The molecule has 1 amide bonds. The van der Waals surface area contributed by atoms with Crippen LogP contribution in [0.1, 0.15) is 26.2 Å². The van der Waals surface area contributed by atoms with Crippen LogP contribution in [0.25, 0.3) is 0 Å². The van der Waals surface area contributed by atoms with E-state index >= 15 is 0 Å². The Morgan fingerprint density at radius 3 is 2.73 bits per heavy atom. The average Bonchev–Trinajstić information content (AvgIpc) is 2.14. The van der Waals surface area contributed by atoms with E-state index in [4.69, 9.17) is 5.73 Å². The fourth-order valence-electron chi connectivity index (χ4n) is 1.57. The highest BCUT2D eigenvalue weighted by Crippen LogP contribution is 2.24. The Kier molecular flexibility index (Phi) is 5.05. The first-order chi connectivity index (χ1) is 7.13. The van der Waals surface area contributed by atoms with Crippen LogP contribution in [0.2, 0.25) is 0 Å². The first kappa shape index (κ1) is 12.5. The minimum absolute atomic E-state index is 0.115. The third-order valence-corrected chi connectivity index (χ3v) is 3.30. The maximum absolute atomic E-state index is 11.5. The molecular weight excluding hydrogens is 190 g/mol. The SMILES string of the molecule is CC(CN)N(C)CC(=O)NCC1CCC1. The Bertz CT molecular complexity index is 204. The molecule has 0 saturated heterocycles. The summed E-state index contributed by atoms with van der Waals surface area (Å²) in [6.45, 7) is 3.92. The fraction of sp³-hybridized carbons (Fsp3) is 0.909. The second kappa shape index (κ2) is 6.08. The first-order valence-electron chi connectivity index (χ1n) is 5.80. The van der Waals surface area contributed by atoms with Gasteiger partial charge in [0.05, 0.1) is 6.54 Å². The Balaban J connectivity index is 2.11. The number of rotatable bonds is 6. The molecule has 0 aromatic rings. The van der Waals surface area contributed by atoms with Crippen molar-refractivity contribution in [2.24, 2.45) is 11.7 Å². The molecule has 0 radical (unpaired) electrons. The van der Waals surface area contributed by atoms with Crippen molar-refractivity contribution < 1.29 is 4.79 Å². The molecule has 1 aliphatic carbocycles. The topological polar surface area (TPSA) is 58.4 Å². The molecule has 0 bridgehead atoms. The van der Waals surface area contributed by atoms with Crippen LogP contribution in [-0.2, 0) is 4.79 Å². The van der Waals surface area contributed by atoms with E-state index in [1.54, 1.807) is 0 Å². The predicted octanol–water partition coefficient (Wildman–Crippen LogP) is 0.182. The number of likely N-dealkylation sites (N-methyl/N-ethyl adjacent to an activating group) is 1. The van der Waals surface area contributed by atoms with Gasteiger partial charge in [-0.2, -0.15) is 0 Å². The van der Waals surface area contributed by atoms with Gasteiger partial charge < -0.3 is 11.1 Å². The van der Waals surface area contributed by atoms with E-state index in [-0.39, 0.29) is 11.9 Å². The Morgan fingerprint density at radius 1 is 1.60 bits per heavy atom. The van der Waals surface area contributed by atoms with Crippen molar-refractivity contribution in [1.82, 2.24) is 10.2 Å².